The highest BCUT2D eigenvalue weighted by atomic mass is 16.3. The molecule has 0 bridgehead atoms. The van der Waals surface area contributed by atoms with Crippen molar-refractivity contribution < 1.29 is 5.11 Å². The molecule has 14 heavy (non-hydrogen) atoms. The second-order valence-electron chi connectivity index (χ2n) is 5.43. The van der Waals surface area contributed by atoms with Crippen LogP contribution >= 0.6 is 0 Å². The standard InChI is InChI=1S/C12H23NO/c1-10-4-2-5-11(8-10)13-9-12(14)6-3-7-12/h10-11,13-14H,2-9H2,1H3. The largest absolute Gasteiger partial charge is 0.389 e. The second-order valence-corrected chi connectivity index (χ2v) is 5.43. The van der Waals surface area contributed by atoms with Gasteiger partial charge in [0.25, 0.3) is 0 Å². The zero-order chi connectivity index (χ0) is 10.0. The zero-order valence-electron chi connectivity index (χ0n) is 9.26. The topological polar surface area (TPSA) is 32.3 Å². The van der Waals surface area contributed by atoms with E-state index in [-0.39, 0.29) is 5.60 Å². The third kappa shape index (κ3) is 2.48. The fourth-order valence-electron chi connectivity index (χ4n) is 2.72. The first-order valence-electron chi connectivity index (χ1n) is 6.14. The predicted molar refractivity (Wildman–Crippen MR) is 58.2 cm³/mol. The SMILES string of the molecule is CC1CCCC(NCC2(O)CCC2)C1. The molecule has 2 atom stereocenters. The molecule has 2 unspecified atom stereocenters. The van der Waals surface area contributed by atoms with Crippen LogP contribution in [0.2, 0.25) is 0 Å². The Morgan fingerprint density at radius 3 is 2.64 bits per heavy atom. The summed E-state index contributed by atoms with van der Waals surface area (Å²) in [6.07, 6.45) is 8.57. The van der Waals surface area contributed by atoms with E-state index in [1.54, 1.807) is 0 Å². The Labute approximate surface area is 87.1 Å². The minimum atomic E-state index is -0.347. The molecule has 0 heterocycles. The first kappa shape index (κ1) is 10.4. The minimum Gasteiger partial charge on any atom is -0.389 e. The van der Waals surface area contributed by atoms with Gasteiger partial charge in [-0.25, -0.2) is 0 Å². The van der Waals surface area contributed by atoms with Gasteiger partial charge < -0.3 is 10.4 Å². The summed E-state index contributed by atoms with van der Waals surface area (Å²) in [6.45, 7) is 3.16. The van der Waals surface area contributed by atoms with Crippen molar-refractivity contribution in [2.75, 3.05) is 6.54 Å². The third-order valence-electron chi connectivity index (χ3n) is 3.94. The second kappa shape index (κ2) is 4.19. The van der Waals surface area contributed by atoms with Gasteiger partial charge in [-0.15, -0.1) is 0 Å². The molecule has 0 saturated heterocycles. The van der Waals surface area contributed by atoms with Crippen LogP contribution in [0, 0.1) is 5.92 Å². The van der Waals surface area contributed by atoms with Gasteiger partial charge in [0.05, 0.1) is 5.60 Å². The average molecular weight is 197 g/mol. The van der Waals surface area contributed by atoms with Crippen LogP contribution in [0.25, 0.3) is 0 Å². The summed E-state index contributed by atoms with van der Waals surface area (Å²) in [6, 6.07) is 0.670. The summed E-state index contributed by atoms with van der Waals surface area (Å²) in [7, 11) is 0. The van der Waals surface area contributed by atoms with Crippen LogP contribution in [0.5, 0.6) is 0 Å². The lowest BCUT2D eigenvalue weighted by atomic mass is 9.79. The van der Waals surface area contributed by atoms with Gasteiger partial charge in [-0.2, -0.15) is 0 Å². The van der Waals surface area contributed by atoms with Gasteiger partial charge in [-0.1, -0.05) is 19.8 Å². The summed E-state index contributed by atoms with van der Waals surface area (Å²) in [5, 5.41) is 13.5. The molecule has 0 aromatic carbocycles. The van der Waals surface area contributed by atoms with E-state index in [1.165, 1.54) is 32.1 Å². The molecule has 2 aliphatic carbocycles. The molecule has 0 aliphatic heterocycles. The molecule has 0 spiro atoms. The van der Waals surface area contributed by atoms with Crippen molar-refractivity contribution in [3.8, 4) is 0 Å². The molecular formula is C12H23NO. The molecule has 2 heteroatoms. The minimum absolute atomic E-state index is 0.347. The highest BCUT2D eigenvalue weighted by molar-refractivity contribution is 4.91. The first-order valence-corrected chi connectivity index (χ1v) is 6.14. The van der Waals surface area contributed by atoms with Crippen LogP contribution in [0.4, 0.5) is 0 Å². The van der Waals surface area contributed by atoms with Crippen molar-refractivity contribution in [3.63, 3.8) is 0 Å². The normalized spacial score (nSPS) is 36.4. The summed E-state index contributed by atoms with van der Waals surface area (Å²) in [5.41, 5.74) is -0.347. The van der Waals surface area contributed by atoms with E-state index in [1.807, 2.05) is 0 Å². The Morgan fingerprint density at radius 1 is 1.29 bits per heavy atom. The van der Waals surface area contributed by atoms with Gasteiger partial charge in [0, 0.05) is 12.6 Å². The van der Waals surface area contributed by atoms with E-state index >= 15 is 0 Å². The number of hydrogen-bond donors (Lipinski definition) is 2. The lowest BCUT2D eigenvalue weighted by Gasteiger charge is -2.39. The van der Waals surface area contributed by atoms with Crippen molar-refractivity contribution in [1.29, 1.82) is 0 Å². The highest BCUT2D eigenvalue weighted by Gasteiger charge is 2.34. The number of rotatable bonds is 3. The van der Waals surface area contributed by atoms with Crippen LogP contribution in [0.15, 0.2) is 0 Å². The third-order valence-corrected chi connectivity index (χ3v) is 3.94. The number of hydrogen-bond acceptors (Lipinski definition) is 2. The van der Waals surface area contributed by atoms with E-state index < -0.39 is 0 Å². The summed E-state index contributed by atoms with van der Waals surface area (Å²) in [4.78, 5) is 0. The van der Waals surface area contributed by atoms with Crippen molar-refractivity contribution in [3.05, 3.63) is 0 Å². The van der Waals surface area contributed by atoms with Gasteiger partial charge in [-0.05, 0) is 38.0 Å². The fraction of sp³-hybridized carbons (Fsp3) is 1.00. The molecular weight excluding hydrogens is 174 g/mol. The summed E-state index contributed by atoms with van der Waals surface area (Å²) >= 11 is 0. The zero-order valence-corrected chi connectivity index (χ0v) is 9.26. The van der Waals surface area contributed by atoms with Crippen molar-refractivity contribution in [2.24, 2.45) is 5.92 Å². The lowest BCUT2D eigenvalue weighted by Crippen LogP contribution is -2.49. The molecule has 0 amide bonds. The Kier molecular flexibility index (Phi) is 3.13. The Hall–Kier alpha value is -0.0800. The molecule has 2 rings (SSSR count). The molecule has 2 saturated carbocycles. The van der Waals surface area contributed by atoms with E-state index in [2.05, 4.69) is 12.2 Å². The van der Waals surface area contributed by atoms with Crippen LogP contribution in [-0.2, 0) is 0 Å². The molecule has 0 radical (unpaired) electrons. The van der Waals surface area contributed by atoms with Crippen LogP contribution in [0.3, 0.4) is 0 Å². The quantitative estimate of drug-likeness (QED) is 0.726. The van der Waals surface area contributed by atoms with Crippen molar-refractivity contribution in [2.45, 2.75) is 63.5 Å². The average Bonchev–Trinajstić information content (AvgIpc) is 2.12. The van der Waals surface area contributed by atoms with E-state index in [9.17, 15) is 5.11 Å². The van der Waals surface area contributed by atoms with Crippen molar-refractivity contribution in [1.82, 2.24) is 5.32 Å². The number of aliphatic hydroxyl groups is 1. The molecule has 2 fully saturated rings. The smallest absolute Gasteiger partial charge is 0.0771 e. The molecule has 0 aromatic rings. The van der Waals surface area contributed by atoms with Crippen LogP contribution in [0.1, 0.15) is 51.9 Å². The summed E-state index contributed by atoms with van der Waals surface area (Å²) < 4.78 is 0. The lowest BCUT2D eigenvalue weighted by molar-refractivity contribution is -0.0343. The van der Waals surface area contributed by atoms with Gasteiger partial charge >= 0.3 is 0 Å². The monoisotopic (exact) mass is 197 g/mol. The van der Waals surface area contributed by atoms with Crippen molar-refractivity contribution >= 4 is 0 Å². The highest BCUT2D eigenvalue weighted by Crippen LogP contribution is 2.31. The van der Waals surface area contributed by atoms with E-state index in [4.69, 9.17) is 0 Å². The number of nitrogens with one attached hydrogen (secondary N) is 1. The van der Waals surface area contributed by atoms with Gasteiger partial charge in [-0.3, -0.25) is 0 Å². The van der Waals surface area contributed by atoms with Crippen LogP contribution in [-0.4, -0.2) is 23.3 Å². The maximum atomic E-state index is 9.94. The molecule has 0 aromatic heterocycles. The van der Waals surface area contributed by atoms with Gasteiger partial charge in [0.2, 0.25) is 0 Å². The Balaban J connectivity index is 1.69. The maximum Gasteiger partial charge on any atom is 0.0771 e. The molecule has 2 aliphatic rings. The predicted octanol–water partition coefficient (Wildman–Crippen LogP) is 2.07. The summed E-state index contributed by atoms with van der Waals surface area (Å²) in [5.74, 6) is 0.872. The van der Waals surface area contributed by atoms with E-state index in [0.717, 1.165) is 25.3 Å². The molecule has 82 valence electrons. The fourth-order valence-corrected chi connectivity index (χ4v) is 2.72. The van der Waals surface area contributed by atoms with E-state index in [0.29, 0.717) is 6.04 Å². The van der Waals surface area contributed by atoms with Gasteiger partial charge in [0.15, 0.2) is 0 Å². The Bertz CT molecular complexity index is 189. The van der Waals surface area contributed by atoms with Crippen LogP contribution < -0.4 is 5.32 Å². The maximum absolute atomic E-state index is 9.94. The first-order chi connectivity index (χ1) is 6.68. The van der Waals surface area contributed by atoms with Gasteiger partial charge in [0.1, 0.15) is 0 Å². The molecule has 2 N–H and O–H groups in total. The Morgan fingerprint density at radius 2 is 2.07 bits per heavy atom. The molecule has 2 nitrogen and oxygen atoms in total.